The van der Waals surface area contributed by atoms with Crippen molar-refractivity contribution in [1.29, 1.82) is 0 Å². The third-order valence-electron chi connectivity index (χ3n) is 4.71. The van der Waals surface area contributed by atoms with Crippen molar-refractivity contribution in [3.8, 4) is 17.3 Å². The molecule has 1 N–H and O–H groups in total. The Morgan fingerprint density at radius 2 is 1.87 bits per heavy atom. The number of amides is 1. The van der Waals surface area contributed by atoms with Gasteiger partial charge in [-0.05, 0) is 61.0 Å². The third-order valence-corrected chi connectivity index (χ3v) is 5.74. The topological polar surface area (TPSA) is 82.2 Å². The van der Waals surface area contributed by atoms with Crippen LogP contribution in [0.1, 0.15) is 22.8 Å². The molecule has 0 fully saturated rings. The van der Waals surface area contributed by atoms with E-state index in [0.717, 1.165) is 40.3 Å². The fourth-order valence-electron chi connectivity index (χ4n) is 3.05. The van der Waals surface area contributed by atoms with E-state index in [4.69, 9.17) is 9.15 Å². The molecule has 0 aliphatic carbocycles. The van der Waals surface area contributed by atoms with Gasteiger partial charge in [-0.3, -0.25) is 9.36 Å². The summed E-state index contributed by atoms with van der Waals surface area (Å²) in [5.41, 5.74) is 2.41. The summed E-state index contributed by atoms with van der Waals surface area (Å²) in [5.74, 6) is 2.73. The predicted octanol–water partition coefficient (Wildman–Crippen LogP) is 5.11. The maximum absolute atomic E-state index is 12.5. The van der Waals surface area contributed by atoms with Gasteiger partial charge in [0.15, 0.2) is 16.7 Å². The number of rotatable bonds is 8. The average Bonchev–Trinajstić information content (AvgIpc) is 3.48. The van der Waals surface area contributed by atoms with E-state index < -0.39 is 0 Å². The molecule has 4 aromatic rings. The second kappa shape index (κ2) is 9.53. The average molecular weight is 435 g/mol. The van der Waals surface area contributed by atoms with Crippen molar-refractivity contribution >= 4 is 23.4 Å². The van der Waals surface area contributed by atoms with Gasteiger partial charge in [0.05, 0.1) is 13.4 Å². The van der Waals surface area contributed by atoms with E-state index in [-0.39, 0.29) is 5.91 Å². The molecule has 2 aromatic heterocycles. The number of aromatic nitrogens is 3. The Balaban J connectivity index is 1.38. The lowest BCUT2D eigenvalue weighted by molar-refractivity contribution is 0.102. The molecule has 0 unspecified atom stereocenters. The van der Waals surface area contributed by atoms with Gasteiger partial charge in [0.1, 0.15) is 5.75 Å². The standard InChI is InChI=1S/C23H22N4O3S/c1-3-27-21(20-5-4-14-30-20)25-26-23(27)31-15-16-6-8-17(9-7-16)22(28)24-18-10-12-19(29-2)13-11-18/h4-14H,3,15H2,1-2H3,(H,24,28). The number of hydrogen-bond donors (Lipinski definition) is 1. The van der Waals surface area contributed by atoms with Gasteiger partial charge in [0.25, 0.3) is 5.91 Å². The van der Waals surface area contributed by atoms with Crippen LogP contribution in [-0.2, 0) is 12.3 Å². The summed E-state index contributed by atoms with van der Waals surface area (Å²) in [4.78, 5) is 12.5. The maximum atomic E-state index is 12.5. The van der Waals surface area contributed by atoms with E-state index in [1.54, 1.807) is 25.1 Å². The summed E-state index contributed by atoms with van der Waals surface area (Å²) in [5, 5.41) is 12.3. The lowest BCUT2D eigenvalue weighted by Gasteiger charge is -2.08. The fraction of sp³-hybridized carbons (Fsp3) is 0.174. The van der Waals surface area contributed by atoms with E-state index >= 15 is 0 Å². The Bertz CT molecular complexity index is 1140. The number of hydrogen-bond acceptors (Lipinski definition) is 6. The summed E-state index contributed by atoms with van der Waals surface area (Å²) < 4.78 is 12.6. The highest BCUT2D eigenvalue weighted by molar-refractivity contribution is 7.98. The number of methoxy groups -OCH3 is 1. The highest BCUT2D eigenvalue weighted by Crippen LogP contribution is 2.26. The molecule has 0 aliphatic rings. The molecular formula is C23H22N4O3S. The van der Waals surface area contributed by atoms with Crippen LogP contribution in [0.2, 0.25) is 0 Å². The largest absolute Gasteiger partial charge is 0.497 e. The van der Waals surface area contributed by atoms with Gasteiger partial charge in [-0.15, -0.1) is 10.2 Å². The predicted molar refractivity (Wildman–Crippen MR) is 120 cm³/mol. The molecule has 0 saturated heterocycles. The van der Waals surface area contributed by atoms with Gasteiger partial charge in [-0.25, -0.2) is 0 Å². The molecule has 7 nitrogen and oxygen atoms in total. The minimum Gasteiger partial charge on any atom is -0.497 e. The molecule has 0 bridgehead atoms. The molecule has 1 amide bonds. The van der Waals surface area contributed by atoms with Crippen LogP contribution in [0.25, 0.3) is 11.6 Å². The second-order valence-corrected chi connectivity index (χ2v) is 7.64. The van der Waals surface area contributed by atoms with Crippen molar-refractivity contribution < 1.29 is 13.9 Å². The summed E-state index contributed by atoms with van der Waals surface area (Å²) in [6.45, 7) is 2.80. The normalized spacial score (nSPS) is 10.8. The van der Waals surface area contributed by atoms with Crippen LogP contribution >= 0.6 is 11.8 Å². The van der Waals surface area contributed by atoms with Crippen LogP contribution in [0.4, 0.5) is 5.69 Å². The number of nitrogens with zero attached hydrogens (tertiary/aromatic N) is 3. The van der Waals surface area contributed by atoms with Crippen LogP contribution in [0.3, 0.4) is 0 Å². The van der Waals surface area contributed by atoms with E-state index in [2.05, 4.69) is 22.4 Å². The molecule has 2 heterocycles. The lowest BCUT2D eigenvalue weighted by Crippen LogP contribution is -2.11. The number of thioether (sulfide) groups is 1. The number of nitrogens with one attached hydrogen (secondary N) is 1. The zero-order valence-corrected chi connectivity index (χ0v) is 18.1. The second-order valence-electron chi connectivity index (χ2n) is 6.70. The zero-order valence-electron chi connectivity index (χ0n) is 17.2. The van der Waals surface area contributed by atoms with Gasteiger partial charge < -0.3 is 14.5 Å². The SMILES string of the molecule is CCn1c(SCc2ccc(C(=O)Nc3ccc(OC)cc3)cc2)nnc1-c1ccco1. The number of anilines is 1. The van der Waals surface area contributed by atoms with E-state index in [1.165, 1.54) is 0 Å². The number of ether oxygens (including phenoxy) is 1. The minimum atomic E-state index is -0.154. The van der Waals surface area contributed by atoms with Gasteiger partial charge in [-0.1, -0.05) is 23.9 Å². The molecule has 0 radical (unpaired) electrons. The summed E-state index contributed by atoms with van der Waals surface area (Å²) in [6.07, 6.45) is 1.63. The molecule has 0 saturated carbocycles. The number of benzene rings is 2. The summed E-state index contributed by atoms with van der Waals surface area (Å²) >= 11 is 1.60. The van der Waals surface area contributed by atoms with Crippen molar-refractivity contribution in [2.45, 2.75) is 24.4 Å². The highest BCUT2D eigenvalue weighted by atomic mass is 32.2. The van der Waals surface area contributed by atoms with Gasteiger partial charge in [0.2, 0.25) is 0 Å². The fourth-order valence-corrected chi connectivity index (χ4v) is 4.00. The van der Waals surface area contributed by atoms with Crippen LogP contribution in [0.5, 0.6) is 5.75 Å². The van der Waals surface area contributed by atoms with Crippen LogP contribution in [0, 0.1) is 0 Å². The first-order valence-corrected chi connectivity index (χ1v) is 10.8. The van der Waals surface area contributed by atoms with E-state index in [0.29, 0.717) is 11.3 Å². The monoisotopic (exact) mass is 434 g/mol. The van der Waals surface area contributed by atoms with E-state index in [1.807, 2.05) is 65.2 Å². The molecule has 0 atom stereocenters. The van der Waals surface area contributed by atoms with Gasteiger partial charge in [-0.2, -0.15) is 0 Å². The molecule has 0 aliphatic heterocycles. The Kier molecular flexibility index (Phi) is 6.37. The van der Waals surface area contributed by atoms with Gasteiger partial charge in [0, 0.05) is 23.5 Å². The smallest absolute Gasteiger partial charge is 0.255 e. The van der Waals surface area contributed by atoms with Crippen molar-refractivity contribution in [3.63, 3.8) is 0 Å². The lowest BCUT2D eigenvalue weighted by atomic mass is 10.1. The highest BCUT2D eigenvalue weighted by Gasteiger charge is 2.15. The first kappa shape index (κ1) is 20.7. The Hall–Kier alpha value is -3.52. The quantitative estimate of drug-likeness (QED) is 0.388. The van der Waals surface area contributed by atoms with Crippen LogP contribution < -0.4 is 10.1 Å². The third kappa shape index (κ3) is 4.80. The Labute approximate surface area is 184 Å². The zero-order chi connectivity index (χ0) is 21.6. The Morgan fingerprint density at radius 3 is 2.52 bits per heavy atom. The molecule has 158 valence electrons. The summed E-state index contributed by atoms with van der Waals surface area (Å²) in [7, 11) is 1.61. The van der Waals surface area contributed by atoms with Gasteiger partial charge >= 0.3 is 0 Å². The number of furan rings is 1. The van der Waals surface area contributed by atoms with Crippen molar-refractivity contribution in [2.24, 2.45) is 0 Å². The van der Waals surface area contributed by atoms with E-state index in [9.17, 15) is 4.79 Å². The van der Waals surface area contributed by atoms with Crippen LogP contribution in [0.15, 0.2) is 76.5 Å². The molecule has 0 spiro atoms. The summed E-state index contributed by atoms with van der Waals surface area (Å²) in [6, 6.07) is 18.5. The minimum absolute atomic E-state index is 0.154. The van der Waals surface area contributed by atoms with Crippen molar-refractivity contribution in [2.75, 3.05) is 12.4 Å². The van der Waals surface area contributed by atoms with Crippen molar-refractivity contribution in [1.82, 2.24) is 14.8 Å². The molecule has 4 rings (SSSR count). The molecule has 2 aromatic carbocycles. The van der Waals surface area contributed by atoms with Crippen molar-refractivity contribution in [3.05, 3.63) is 78.1 Å². The molecule has 8 heteroatoms. The number of carbonyl (C=O) groups excluding carboxylic acids is 1. The maximum Gasteiger partial charge on any atom is 0.255 e. The molecule has 31 heavy (non-hydrogen) atoms. The first-order valence-electron chi connectivity index (χ1n) is 9.82. The first-order chi connectivity index (χ1) is 15.2. The van der Waals surface area contributed by atoms with Crippen LogP contribution in [-0.4, -0.2) is 27.8 Å². The molecular weight excluding hydrogens is 412 g/mol. The number of carbonyl (C=O) groups is 1. The Morgan fingerprint density at radius 1 is 1.10 bits per heavy atom.